The van der Waals surface area contributed by atoms with Crippen LogP contribution in [0.4, 0.5) is 5.69 Å². The Morgan fingerprint density at radius 1 is 0.933 bits per heavy atom. The van der Waals surface area contributed by atoms with Crippen molar-refractivity contribution >= 4 is 24.1 Å². The van der Waals surface area contributed by atoms with Gasteiger partial charge in [0, 0.05) is 11.3 Å². The molecule has 0 radical (unpaired) electrons. The number of anilines is 1. The van der Waals surface area contributed by atoms with Crippen LogP contribution in [0.2, 0.25) is 0 Å². The molecule has 0 aliphatic rings. The number of ketones is 1. The second kappa shape index (κ2) is 8.51. The van der Waals surface area contributed by atoms with Crippen LogP contribution in [0.1, 0.15) is 22.8 Å². The number of nitrogens with zero attached hydrogens (tertiary/aromatic N) is 1. The molecule has 1 aromatic heterocycles. The highest BCUT2D eigenvalue weighted by Crippen LogP contribution is 2.39. The first-order valence-electron chi connectivity index (χ1n) is 9.73. The molecule has 0 atom stereocenters. The molecule has 0 aliphatic heterocycles. The zero-order valence-corrected chi connectivity index (χ0v) is 17.5. The molecule has 2 N–H and O–H groups in total. The summed E-state index contributed by atoms with van der Waals surface area (Å²) in [6.07, 6.45) is 0. The van der Waals surface area contributed by atoms with Gasteiger partial charge in [-0.05, 0) is 36.8 Å². The topological polar surface area (TPSA) is 57.2 Å². The lowest BCUT2D eigenvalue weighted by Gasteiger charge is -2.14. The fourth-order valence-electron chi connectivity index (χ4n) is 3.52. The average Bonchev–Trinajstić information content (AvgIpc) is 3.06. The van der Waals surface area contributed by atoms with Crippen LogP contribution in [0.25, 0.3) is 16.9 Å². The van der Waals surface area contributed by atoms with E-state index < -0.39 is 0 Å². The molecule has 0 saturated carbocycles. The molecular formula is C25H22N2O2S. The summed E-state index contributed by atoms with van der Waals surface area (Å²) in [5.74, 6) is 0.649. The lowest BCUT2D eigenvalue weighted by atomic mass is 9.99. The maximum Gasteiger partial charge on any atom is 0.197 e. The zero-order valence-electron chi connectivity index (χ0n) is 16.6. The van der Waals surface area contributed by atoms with Gasteiger partial charge in [0.25, 0.3) is 0 Å². The van der Waals surface area contributed by atoms with Crippen molar-refractivity contribution < 1.29 is 9.53 Å². The summed E-state index contributed by atoms with van der Waals surface area (Å²) < 4.78 is 7.48. The van der Waals surface area contributed by atoms with Gasteiger partial charge in [-0.3, -0.25) is 4.79 Å². The van der Waals surface area contributed by atoms with E-state index in [1.54, 1.807) is 12.1 Å². The Morgan fingerprint density at radius 2 is 1.53 bits per heavy atom. The number of carbonyl (C=O) groups is 1. The molecule has 0 saturated heterocycles. The third-order valence-corrected chi connectivity index (χ3v) is 5.34. The van der Waals surface area contributed by atoms with E-state index in [1.165, 1.54) is 0 Å². The van der Waals surface area contributed by atoms with Gasteiger partial charge in [-0.2, -0.15) is 0 Å². The number of rotatable bonds is 6. The van der Waals surface area contributed by atoms with Gasteiger partial charge < -0.3 is 15.0 Å². The van der Waals surface area contributed by atoms with E-state index in [1.807, 2.05) is 84.3 Å². The summed E-state index contributed by atoms with van der Waals surface area (Å²) in [6.45, 7) is 2.54. The van der Waals surface area contributed by atoms with Crippen molar-refractivity contribution in [1.29, 1.82) is 0 Å². The number of aromatic nitrogens is 1. The minimum Gasteiger partial charge on any atom is -0.494 e. The molecule has 150 valence electrons. The number of benzene rings is 3. The number of nitrogens with two attached hydrogens (primary N) is 1. The average molecular weight is 415 g/mol. The van der Waals surface area contributed by atoms with E-state index in [-0.39, 0.29) is 5.78 Å². The van der Waals surface area contributed by atoms with Crippen molar-refractivity contribution in [2.75, 3.05) is 12.3 Å². The molecule has 4 rings (SSSR count). The number of nitrogen functional groups attached to an aromatic ring is 1. The second-order valence-corrected chi connectivity index (χ2v) is 7.21. The Balaban J connectivity index is 1.96. The number of carbonyl (C=O) groups excluding carboxylic acids is 1. The highest BCUT2D eigenvalue weighted by molar-refractivity contribution is 7.80. The van der Waals surface area contributed by atoms with Crippen LogP contribution in [0.5, 0.6) is 5.75 Å². The second-order valence-electron chi connectivity index (χ2n) is 6.78. The molecule has 4 nitrogen and oxygen atoms in total. The standard InChI is InChI=1S/C25H22N2O2S/c1-2-29-20-15-13-19(14-16-20)27-23(17-9-5-3-6-10-17)21(22(26)25(27)30)24(28)18-11-7-4-8-12-18/h3-16,30H,2,26H2,1H3. The van der Waals surface area contributed by atoms with Crippen molar-refractivity contribution in [2.24, 2.45) is 0 Å². The van der Waals surface area contributed by atoms with Crippen LogP contribution in [-0.2, 0) is 0 Å². The van der Waals surface area contributed by atoms with Crippen LogP contribution in [-0.4, -0.2) is 17.0 Å². The molecule has 0 amide bonds. The normalized spacial score (nSPS) is 10.7. The number of hydrogen-bond donors (Lipinski definition) is 2. The fraction of sp³-hybridized carbons (Fsp3) is 0.0800. The Bertz CT molecular complexity index is 1170. The van der Waals surface area contributed by atoms with E-state index in [2.05, 4.69) is 0 Å². The maximum atomic E-state index is 13.5. The first-order chi connectivity index (χ1) is 14.6. The Labute approximate surface area is 181 Å². The van der Waals surface area contributed by atoms with Gasteiger partial charge >= 0.3 is 0 Å². The number of ether oxygens (including phenoxy) is 1. The zero-order chi connectivity index (χ0) is 21.1. The van der Waals surface area contributed by atoms with Gasteiger partial charge in [0.15, 0.2) is 5.78 Å². The molecule has 5 heteroatoms. The van der Waals surface area contributed by atoms with E-state index in [0.29, 0.717) is 28.4 Å². The molecule has 1 heterocycles. The summed E-state index contributed by atoms with van der Waals surface area (Å²) in [5.41, 5.74) is 10.3. The highest BCUT2D eigenvalue weighted by Gasteiger charge is 2.27. The van der Waals surface area contributed by atoms with Crippen LogP contribution < -0.4 is 10.5 Å². The molecule has 4 aromatic rings. The summed E-state index contributed by atoms with van der Waals surface area (Å²) in [6, 6.07) is 26.6. The predicted molar refractivity (Wildman–Crippen MR) is 124 cm³/mol. The smallest absolute Gasteiger partial charge is 0.197 e. The van der Waals surface area contributed by atoms with E-state index >= 15 is 0 Å². The van der Waals surface area contributed by atoms with Crippen LogP contribution in [0.3, 0.4) is 0 Å². The van der Waals surface area contributed by atoms with Crippen molar-refractivity contribution in [3.05, 3.63) is 96.1 Å². The van der Waals surface area contributed by atoms with Crippen LogP contribution in [0.15, 0.2) is 90.0 Å². The SMILES string of the molecule is CCOc1ccc(-n2c(S)c(N)c(C(=O)c3ccccc3)c2-c2ccccc2)cc1. The molecule has 30 heavy (non-hydrogen) atoms. The van der Waals surface area contributed by atoms with Crippen LogP contribution in [0, 0.1) is 0 Å². The largest absolute Gasteiger partial charge is 0.494 e. The van der Waals surface area contributed by atoms with Gasteiger partial charge in [-0.25, -0.2) is 0 Å². The summed E-state index contributed by atoms with van der Waals surface area (Å²) in [4.78, 5) is 13.5. The predicted octanol–water partition coefficient (Wildman–Crippen LogP) is 5.64. The Kier molecular flexibility index (Phi) is 5.63. The molecule has 0 fully saturated rings. The van der Waals surface area contributed by atoms with E-state index in [9.17, 15) is 4.79 Å². The minimum absolute atomic E-state index is 0.132. The summed E-state index contributed by atoms with van der Waals surface area (Å²) >= 11 is 4.69. The number of thiol groups is 1. The first kappa shape index (κ1) is 19.9. The first-order valence-corrected chi connectivity index (χ1v) is 10.2. The lowest BCUT2D eigenvalue weighted by Crippen LogP contribution is -2.06. The van der Waals surface area contributed by atoms with Crippen molar-refractivity contribution in [1.82, 2.24) is 4.57 Å². The molecule has 3 aromatic carbocycles. The van der Waals surface area contributed by atoms with E-state index in [0.717, 1.165) is 22.7 Å². The molecule has 0 aliphatic carbocycles. The Hall–Kier alpha value is -3.44. The number of hydrogen-bond acceptors (Lipinski definition) is 4. The van der Waals surface area contributed by atoms with Gasteiger partial charge in [-0.15, -0.1) is 12.6 Å². The summed E-state index contributed by atoms with van der Waals surface area (Å²) in [5, 5.41) is 0.525. The van der Waals surface area contributed by atoms with Gasteiger partial charge in [0.2, 0.25) is 0 Å². The minimum atomic E-state index is -0.132. The lowest BCUT2D eigenvalue weighted by molar-refractivity contribution is 0.104. The molecule has 0 unspecified atom stereocenters. The molecular weight excluding hydrogens is 392 g/mol. The fourth-order valence-corrected chi connectivity index (χ4v) is 3.85. The van der Waals surface area contributed by atoms with Gasteiger partial charge in [0.1, 0.15) is 10.8 Å². The van der Waals surface area contributed by atoms with Gasteiger partial charge in [-0.1, -0.05) is 60.7 Å². The highest BCUT2D eigenvalue weighted by atomic mass is 32.1. The van der Waals surface area contributed by atoms with Crippen molar-refractivity contribution in [3.63, 3.8) is 0 Å². The van der Waals surface area contributed by atoms with Gasteiger partial charge in [0.05, 0.1) is 23.6 Å². The van der Waals surface area contributed by atoms with Crippen molar-refractivity contribution in [3.8, 4) is 22.7 Å². The molecule has 0 bridgehead atoms. The quantitative estimate of drug-likeness (QED) is 0.317. The third-order valence-electron chi connectivity index (χ3n) is 4.90. The maximum absolute atomic E-state index is 13.5. The summed E-state index contributed by atoms with van der Waals surface area (Å²) in [7, 11) is 0. The van der Waals surface area contributed by atoms with E-state index in [4.69, 9.17) is 23.1 Å². The Morgan fingerprint density at radius 3 is 2.13 bits per heavy atom. The third kappa shape index (κ3) is 3.60. The monoisotopic (exact) mass is 414 g/mol. The van der Waals surface area contributed by atoms with Crippen LogP contribution >= 0.6 is 12.6 Å². The van der Waals surface area contributed by atoms with Crippen molar-refractivity contribution in [2.45, 2.75) is 11.9 Å². The molecule has 0 spiro atoms.